The van der Waals surface area contributed by atoms with Gasteiger partial charge >= 0.3 is 59.5 Å². The Labute approximate surface area is 761 Å². The second-order valence-corrected chi connectivity index (χ2v) is 37.5. The van der Waals surface area contributed by atoms with E-state index in [-0.39, 0.29) is 74.8 Å². The van der Waals surface area contributed by atoms with Gasteiger partial charge in [0.1, 0.15) is 35.9 Å². The number of carbonyl (C=O) groups excluding carboxylic acids is 8. The predicted octanol–water partition coefficient (Wildman–Crippen LogP) is 10.1. The van der Waals surface area contributed by atoms with Crippen LogP contribution < -0.4 is 37.9 Å². The molecule has 0 saturated carbocycles. The molecule has 0 aromatic heterocycles. The number of aliphatic hydroxyl groups is 1. The number of carbonyl (C=O) groups is 8. The fourth-order valence-corrected chi connectivity index (χ4v) is 24.5. The van der Waals surface area contributed by atoms with Gasteiger partial charge in [-0.25, -0.2) is 14.4 Å². The first-order valence-corrected chi connectivity index (χ1v) is 45.9. The van der Waals surface area contributed by atoms with Crippen molar-refractivity contribution in [1.82, 2.24) is 19.6 Å². The first kappa shape index (κ1) is 90.0. The number of hydrogen-bond acceptors (Lipinski definition) is 33. The largest absolute Gasteiger partial charge is 0.497 e. The molecule has 0 unspecified atom stereocenters. The number of nitrogens with zero attached hydrogens (tertiary/aromatic N) is 4. The van der Waals surface area contributed by atoms with E-state index in [1.165, 1.54) is 32.5 Å². The Balaban J connectivity index is 0.000000114. The fourth-order valence-electron chi connectivity index (χ4n) is 24.5. The van der Waals surface area contributed by atoms with Crippen molar-refractivity contribution in [3.63, 3.8) is 0 Å². The maximum Gasteiger partial charge on any atom is 0.386 e. The lowest BCUT2D eigenvalue weighted by atomic mass is 9.77. The van der Waals surface area contributed by atoms with Crippen molar-refractivity contribution in [3.05, 3.63) is 140 Å². The van der Waals surface area contributed by atoms with Crippen LogP contribution in [0.5, 0.6) is 46.0 Å². The molecule has 0 radical (unpaired) electrons. The number of benzene rings is 4. The molecule has 0 amide bonds. The van der Waals surface area contributed by atoms with Crippen LogP contribution in [-0.4, -0.2) is 259 Å². The summed E-state index contributed by atoms with van der Waals surface area (Å²) < 4.78 is 140. The molecular formula is C97H112F2N4O29. The van der Waals surface area contributed by atoms with E-state index >= 15 is 0 Å². The van der Waals surface area contributed by atoms with E-state index in [9.17, 15) is 52.2 Å². The number of hydrogen-bond donors (Lipinski definition) is 1. The van der Waals surface area contributed by atoms with Gasteiger partial charge in [0.15, 0.2) is 70.4 Å². The van der Waals surface area contributed by atoms with Crippen LogP contribution in [-0.2, 0) is 121 Å². The molecule has 22 rings (SSSR count). The van der Waals surface area contributed by atoms with Gasteiger partial charge in [0.2, 0.25) is 32.8 Å². The van der Waals surface area contributed by atoms with E-state index < -0.39 is 119 Å². The van der Waals surface area contributed by atoms with Crippen molar-refractivity contribution in [2.45, 2.75) is 237 Å². The van der Waals surface area contributed by atoms with Crippen molar-refractivity contribution in [2.24, 2.45) is 5.41 Å². The first-order chi connectivity index (χ1) is 63.6. The van der Waals surface area contributed by atoms with Crippen molar-refractivity contribution in [1.29, 1.82) is 0 Å². The predicted molar refractivity (Wildman–Crippen MR) is 455 cm³/mol. The molecule has 35 heteroatoms. The van der Waals surface area contributed by atoms with Crippen LogP contribution in [0.25, 0.3) is 0 Å². The minimum absolute atomic E-state index is 0.0217. The number of esters is 8. The Morgan fingerprint density at radius 2 is 0.727 bits per heavy atom. The van der Waals surface area contributed by atoms with Crippen molar-refractivity contribution < 1.29 is 147 Å². The average Bonchev–Trinajstić information content (AvgIpc) is 1.56. The van der Waals surface area contributed by atoms with Gasteiger partial charge in [-0.2, -0.15) is 8.78 Å². The summed E-state index contributed by atoms with van der Waals surface area (Å²) in [5.74, 6) is -5.77. The van der Waals surface area contributed by atoms with Gasteiger partial charge in [-0.3, -0.25) is 43.6 Å². The smallest absolute Gasteiger partial charge is 0.386 e. The summed E-state index contributed by atoms with van der Waals surface area (Å²) in [6, 6.07) is 16.1. The molecule has 4 spiro atoms. The van der Waals surface area contributed by atoms with Crippen LogP contribution in [0, 0.1) is 5.41 Å². The second kappa shape index (κ2) is 34.7. The van der Waals surface area contributed by atoms with Crippen LogP contribution in [0.3, 0.4) is 0 Å². The van der Waals surface area contributed by atoms with Gasteiger partial charge in [0, 0.05) is 26.2 Å². The Kier molecular flexibility index (Phi) is 23.7. The molecule has 6 fully saturated rings. The number of cyclic esters (lactones) is 2. The molecule has 33 nitrogen and oxygen atoms in total. The van der Waals surface area contributed by atoms with Gasteiger partial charge in [-0.15, -0.1) is 0 Å². The highest BCUT2D eigenvalue weighted by molar-refractivity contribution is 5.94. The Morgan fingerprint density at radius 3 is 1.03 bits per heavy atom. The number of fused-ring (bicyclic) bond motifs is 12. The molecule has 4 aliphatic carbocycles. The third kappa shape index (κ3) is 15.1. The van der Waals surface area contributed by atoms with Crippen molar-refractivity contribution in [2.75, 3.05) is 122 Å². The molecule has 6 saturated heterocycles. The number of rotatable bonds is 20. The minimum atomic E-state index is -3.53. The molecule has 4 aromatic carbocycles. The molecule has 4 aromatic rings. The van der Waals surface area contributed by atoms with E-state index in [4.69, 9.17) is 85.3 Å². The quantitative estimate of drug-likeness (QED) is 0.0634. The fraction of sp³-hybridized carbons (Fsp3) is 0.588. The van der Waals surface area contributed by atoms with Gasteiger partial charge in [0.05, 0.1) is 107 Å². The number of alkyl halides is 2. The van der Waals surface area contributed by atoms with Crippen LogP contribution in [0.15, 0.2) is 95.9 Å². The molecule has 132 heavy (non-hydrogen) atoms. The lowest BCUT2D eigenvalue weighted by molar-refractivity contribution is -0.240. The normalized spacial score (nSPS) is 31.5. The van der Waals surface area contributed by atoms with Crippen LogP contribution in [0.4, 0.5) is 8.78 Å². The Morgan fingerprint density at radius 1 is 0.424 bits per heavy atom. The monoisotopic (exact) mass is 1830 g/mol. The highest BCUT2D eigenvalue weighted by Crippen LogP contribution is 2.62. The van der Waals surface area contributed by atoms with Crippen LogP contribution in [0.1, 0.15) is 192 Å². The highest BCUT2D eigenvalue weighted by atomic mass is 19.2. The summed E-state index contributed by atoms with van der Waals surface area (Å²) in [6.07, 6.45) is 17.0. The Hall–Kier alpha value is -11.1. The lowest BCUT2D eigenvalue weighted by Gasteiger charge is -2.41. The summed E-state index contributed by atoms with van der Waals surface area (Å²) in [4.78, 5) is 109. The molecule has 14 aliphatic heterocycles. The zero-order chi connectivity index (χ0) is 92.3. The lowest BCUT2D eigenvalue weighted by Crippen LogP contribution is -2.56. The number of ether oxygens (including phenoxy) is 20. The van der Waals surface area contributed by atoms with Crippen molar-refractivity contribution in [3.8, 4) is 46.0 Å². The maximum absolute atomic E-state index is 14.7. The minimum Gasteiger partial charge on any atom is -0.497 e. The van der Waals surface area contributed by atoms with Gasteiger partial charge in [0.25, 0.3) is 0 Å². The summed E-state index contributed by atoms with van der Waals surface area (Å²) in [6.45, 7) is 13.7. The third-order valence-corrected chi connectivity index (χ3v) is 30.5. The van der Waals surface area contributed by atoms with E-state index in [1.807, 2.05) is 50.3 Å². The summed E-state index contributed by atoms with van der Waals surface area (Å²) in [5.41, 5.74) is 4.94. The zero-order valence-corrected chi connectivity index (χ0v) is 75.6. The zero-order valence-electron chi connectivity index (χ0n) is 75.6. The summed E-state index contributed by atoms with van der Waals surface area (Å²) in [5, 5.41) is 10.0. The Bertz CT molecular complexity index is 5440. The molecule has 0 bridgehead atoms. The van der Waals surface area contributed by atoms with Gasteiger partial charge in [-0.1, -0.05) is 26.7 Å². The van der Waals surface area contributed by atoms with Gasteiger partial charge in [-0.05, 0) is 240 Å². The van der Waals surface area contributed by atoms with E-state index in [0.29, 0.717) is 65.3 Å². The molecule has 16 atom stereocenters. The topological polar surface area (TPSA) is 354 Å². The van der Waals surface area contributed by atoms with Crippen LogP contribution >= 0.6 is 0 Å². The number of halogens is 2. The van der Waals surface area contributed by atoms with E-state index in [0.717, 1.165) is 199 Å². The summed E-state index contributed by atoms with van der Waals surface area (Å²) >= 11 is 0. The molecule has 14 heterocycles. The standard InChI is InChI=1S/C27H35NO7.C25H29NO7.C23H26FNO8.C22H22FNO7/c1-5-8-26(2,15-22(29)32-4)25(30)35-24-21(31-3)14-27-9-6-10-28(27)11-7-17-12-19-20(34-16-33-19)13-18(17)23(24)27;1-3-6-25(13-20(27)33-25)23(28)32-22-19(29-2)12-24-7-4-8-26(24)9-5-15-10-17-18(31-14-30-17)11-16(15)21(22)24;1-29-17-10-22-5-3-6-25(22)7-4-13-8-15-16(32-12-31-15)9-14(13)19(22)20(17)33-21(27)23(24,28)11-18(26)30-2;1-27-16-9-21-4-2-5-24(21)6-3-12-7-14-15(29-11-28-14)8-13(12)18(21)19(16)30-20(26)22(23)10-17(25)31-22/h12-14,23-24H,5-11,15-16H2,1-4H3;10-12,21-22H,3-9,13-14H2,1-2H3;8-10,19-20,28H,3-7,11-12H2,1-2H3;7-9,18-19H,2-6,10-11H2,1H3/t23-,24-,26+,27+;21-,22-,24+,25-;19-,20-,22+,23-;18-,19-,21+,22-/m1111/s1. The highest BCUT2D eigenvalue weighted by Gasteiger charge is 2.66. The summed E-state index contributed by atoms with van der Waals surface area (Å²) in [7, 11) is 8.62. The average molecular weight is 1840 g/mol. The van der Waals surface area contributed by atoms with Gasteiger partial charge < -0.3 is 99.8 Å². The van der Waals surface area contributed by atoms with Crippen LogP contribution in [0.2, 0.25) is 0 Å². The third-order valence-electron chi connectivity index (χ3n) is 30.5. The van der Waals surface area contributed by atoms with E-state index in [2.05, 4.69) is 65.5 Å². The second-order valence-electron chi connectivity index (χ2n) is 37.5. The van der Waals surface area contributed by atoms with E-state index in [1.54, 1.807) is 21.1 Å². The first-order valence-electron chi connectivity index (χ1n) is 45.9. The molecule has 708 valence electrons. The SMILES string of the molecule is CCC[C@@](C)(CC(=O)OC)C(=O)O[C@@H]1C(OC)=C[C@]23CCCN2CCc2cc4c(cc2[C@H]13)OCO4.CCC[C@]1(C(=O)O[C@@H]2C(OC)=C[C@]34CCCN3CCc3cc5c(cc3[C@H]24)OCO5)CC(=O)O1.COC(=O)C[C@](O)(F)C(=O)O[C@@H]1C(OC)=C[C@]23CCCN2CCc2cc4c(cc2[C@H]13)OCO4.COC1=C[C@]23CCCN2CCc2cc4c(cc2[C@@H]3[C@@H]1OC(=O)[C@@]1(F)CC(=O)O1)OCO4. The maximum atomic E-state index is 14.7. The van der Waals surface area contributed by atoms with Crippen molar-refractivity contribution >= 4 is 47.8 Å². The number of methoxy groups -OCH3 is 6. The molecular weight excluding hydrogens is 1720 g/mol. The molecule has 18 aliphatic rings. The molecule has 1 N–H and O–H groups in total.